The Morgan fingerprint density at radius 1 is 1.18 bits per heavy atom. The van der Waals surface area contributed by atoms with Gasteiger partial charge in [-0.25, -0.2) is 0 Å². The molecule has 1 amide bonds. The summed E-state index contributed by atoms with van der Waals surface area (Å²) in [6, 6.07) is 3.32. The molecule has 122 valence electrons. The first-order valence-corrected chi connectivity index (χ1v) is 7.95. The highest BCUT2D eigenvalue weighted by molar-refractivity contribution is 6.32. The van der Waals surface area contributed by atoms with E-state index < -0.39 is 0 Å². The number of nitrogens with zero attached hydrogens (tertiary/aromatic N) is 1. The van der Waals surface area contributed by atoms with Crippen LogP contribution in [-0.2, 0) is 4.79 Å². The minimum Gasteiger partial charge on any atom is -0.495 e. The SMILES string of the molecule is COc1cc(NC(=O)CCN2CCCCC2)c(OC)cc1Cl. The quantitative estimate of drug-likeness (QED) is 0.872. The van der Waals surface area contributed by atoms with Gasteiger partial charge in [-0.15, -0.1) is 0 Å². The minimum atomic E-state index is -0.0340. The van der Waals surface area contributed by atoms with Crippen molar-refractivity contribution in [1.29, 1.82) is 0 Å². The third-order valence-corrected chi connectivity index (χ3v) is 4.15. The number of methoxy groups -OCH3 is 2. The third kappa shape index (κ3) is 4.52. The fourth-order valence-corrected chi connectivity index (χ4v) is 2.84. The summed E-state index contributed by atoms with van der Waals surface area (Å²) < 4.78 is 10.4. The number of likely N-dealkylation sites (tertiary alicyclic amines) is 1. The number of benzene rings is 1. The van der Waals surface area contributed by atoms with Crippen LogP contribution in [0.5, 0.6) is 11.5 Å². The Bertz CT molecular complexity index is 516. The fraction of sp³-hybridized carbons (Fsp3) is 0.562. The Balaban J connectivity index is 1.95. The molecule has 0 aromatic heterocycles. The van der Waals surface area contributed by atoms with Gasteiger partial charge in [-0.1, -0.05) is 18.0 Å². The van der Waals surface area contributed by atoms with E-state index >= 15 is 0 Å². The van der Waals surface area contributed by atoms with Crippen molar-refractivity contribution in [1.82, 2.24) is 4.90 Å². The number of anilines is 1. The lowest BCUT2D eigenvalue weighted by atomic mass is 10.1. The van der Waals surface area contributed by atoms with Crippen molar-refractivity contribution in [2.75, 3.05) is 39.2 Å². The van der Waals surface area contributed by atoms with Crippen LogP contribution in [0.25, 0.3) is 0 Å². The van der Waals surface area contributed by atoms with Gasteiger partial charge in [0.05, 0.1) is 24.9 Å². The van der Waals surface area contributed by atoms with E-state index in [4.69, 9.17) is 21.1 Å². The van der Waals surface area contributed by atoms with Crippen molar-refractivity contribution in [3.63, 3.8) is 0 Å². The summed E-state index contributed by atoms with van der Waals surface area (Å²) in [6.07, 6.45) is 4.21. The predicted octanol–water partition coefficient (Wildman–Crippen LogP) is 3.17. The number of rotatable bonds is 6. The average molecular weight is 327 g/mol. The van der Waals surface area contributed by atoms with Gasteiger partial charge in [-0.3, -0.25) is 4.79 Å². The van der Waals surface area contributed by atoms with E-state index in [9.17, 15) is 4.79 Å². The highest BCUT2D eigenvalue weighted by Gasteiger charge is 2.15. The van der Waals surface area contributed by atoms with E-state index in [0.29, 0.717) is 28.6 Å². The van der Waals surface area contributed by atoms with Gasteiger partial charge in [0.1, 0.15) is 11.5 Å². The molecule has 1 N–H and O–H groups in total. The van der Waals surface area contributed by atoms with Crippen LogP contribution in [0.3, 0.4) is 0 Å². The Labute approximate surface area is 136 Å². The summed E-state index contributed by atoms with van der Waals surface area (Å²) in [4.78, 5) is 14.5. The van der Waals surface area contributed by atoms with Crippen LogP contribution in [0.4, 0.5) is 5.69 Å². The van der Waals surface area contributed by atoms with Crippen LogP contribution in [0.1, 0.15) is 25.7 Å². The first kappa shape index (κ1) is 16.9. The summed E-state index contributed by atoms with van der Waals surface area (Å²) in [5.41, 5.74) is 0.576. The molecule has 1 aromatic carbocycles. The van der Waals surface area contributed by atoms with Crippen LogP contribution in [0.2, 0.25) is 5.02 Å². The predicted molar refractivity (Wildman–Crippen MR) is 88.1 cm³/mol. The molecule has 0 bridgehead atoms. The van der Waals surface area contributed by atoms with Crippen LogP contribution >= 0.6 is 11.6 Å². The molecule has 0 radical (unpaired) electrons. The molecule has 0 aliphatic carbocycles. The zero-order chi connectivity index (χ0) is 15.9. The van der Waals surface area contributed by atoms with E-state index in [1.807, 2.05) is 0 Å². The molecule has 6 heteroatoms. The number of ether oxygens (including phenoxy) is 2. The molecule has 1 saturated heterocycles. The zero-order valence-corrected chi connectivity index (χ0v) is 13.9. The third-order valence-electron chi connectivity index (χ3n) is 3.85. The first-order valence-electron chi connectivity index (χ1n) is 7.57. The molecule has 1 aromatic rings. The normalized spacial score (nSPS) is 15.4. The van der Waals surface area contributed by atoms with E-state index in [2.05, 4.69) is 10.2 Å². The van der Waals surface area contributed by atoms with Gasteiger partial charge in [-0.2, -0.15) is 0 Å². The maximum atomic E-state index is 12.1. The lowest BCUT2D eigenvalue weighted by molar-refractivity contribution is -0.116. The summed E-state index contributed by atoms with van der Waals surface area (Å²) in [7, 11) is 3.08. The molecular formula is C16H23ClN2O3. The van der Waals surface area contributed by atoms with Crippen molar-refractivity contribution >= 4 is 23.2 Å². The van der Waals surface area contributed by atoms with Gasteiger partial charge in [0.25, 0.3) is 0 Å². The second kappa shape index (κ2) is 8.25. The lowest BCUT2D eigenvalue weighted by Crippen LogP contribution is -2.32. The summed E-state index contributed by atoms with van der Waals surface area (Å²) in [5, 5.41) is 3.32. The summed E-state index contributed by atoms with van der Waals surface area (Å²) in [5.74, 6) is 0.999. The van der Waals surface area contributed by atoms with Crippen molar-refractivity contribution < 1.29 is 14.3 Å². The van der Waals surface area contributed by atoms with Gasteiger partial charge in [0.2, 0.25) is 5.91 Å². The maximum absolute atomic E-state index is 12.1. The molecule has 1 heterocycles. The number of carbonyl (C=O) groups is 1. The molecule has 0 saturated carbocycles. The molecule has 1 fully saturated rings. The monoisotopic (exact) mass is 326 g/mol. The largest absolute Gasteiger partial charge is 0.495 e. The molecule has 2 rings (SSSR count). The van der Waals surface area contributed by atoms with E-state index in [1.54, 1.807) is 19.2 Å². The van der Waals surface area contributed by atoms with Gasteiger partial charge in [0, 0.05) is 25.1 Å². The number of amides is 1. The number of nitrogens with one attached hydrogen (secondary N) is 1. The van der Waals surface area contributed by atoms with Gasteiger partial charge in [0.15, 0.2) is 0 Å². The van der Waals surface area contributed by atoms with Gasteiger partial charge in [-0.05, 0) is 25.9 Å². The molecule has 5 nitrogen and oxygen atoms in total. The van der Waals surface area contributed by atoms with Gasteiger partial charge >= 0.3 is 0 Å². The Kier molecular flexibility index (Phi) is 6.34. The number of carbonyl (C=O) groups excluding carboxylic acids is 1. The maximum Gasteiger partial charge on any atom is 0.225 e. The molecule has 22 heavy (non-hydrogen) atoms. The van der Waals surface area contributed by atoms with Gasteiger partial charge < -0.3 is 19.7 Å². The van der Waals surface area contributed by atoms with Crippen LogP contribution in [0, 0.1) is 0 Å². The number of hydrogen-bond donors (Lipinski definition) is 1. The molecule has 1 aliphatic heterocycles. The first-order chi connectivity index (χ1) is 10.6. The van der Waals surface area contributed by atoms with Crippen molar-refractivity contribution in [2.45, 2.75) is 25.7 Å². The summed E-state index contributed by atoms with van der Waals surface area (Å²) in [6.45, 7) is 2.97. The van der Waals surface area contributed by atoms with E-state index in [0.717, 1.165) is 19.6 Å². The number of hydrogen-bond acceptors (Lipinski definition) is 4. The van der Waals surface area contributed by atoms with Crippen LogP contribution < -0.4 is 14.8 Å². The van der Waals surface area contributed by atoms with E-state index in [1.165, 1.54) is 26.4 Å². The average Bonchev–Trinajstić information content (AvgIpc) is 2.55. The smallest absolute Gasteiger partial charge is 0.225 e. The Hall–Kier alpha value is -1.46. The van der Waals surface area contributed by atoms with Crippen LogP contribution in [-0.4, -0.2) is 44.7 Å². The lowest BCUT2D eigenvalue weighted by Gasteiger charge is -2.26. The standard InChI is InChI=1S/C16H23ClN2O3/c1-21-14-11-13(15(22-2)10-12(14)17)18-16(20)6-9-19-7-4-3-5-8-19/h10-11H,3-9H2,1-2H3,(H,18,20). The van der Waals surface area contributed by atoms with Crippen LogP contribution in [0.15, 0.2) is 12.1 Å². The van der Waals surface area contributed by atoms with Crippen molar-refractivity contribution in [3.05, 3.63) is 17.2 Å². The molecule has 0 spiro atoms. The minimum absolute atomic E-state index is 0.0340. The Morgan fingerprint density at radius 2 is 1.86 bits per heavy atom. The highest BCUT2D eigenvalue weighted by Crippen LogP contribution is 2.35. The van der Waals surface area contributed by atoms with Crippen molar-refractivity contribution in [2.24, 2.45) is 0 Å². The number of piperidine rings is 1. The van der Waals surface area contributed by atoms with Crippen molar-refractivity contribution in [3.8, 4) is 11.5 Å². The topological polar surface area (TPSA) is 50.8 Å². The molecule has 0 unspecified atom stereocenters. The Morgan fingerprint density at radius 3 is 2.50 bits per heavy atom. The fourth-order valence-electron chi connectivity index (χ4n) is 2.61. The molecule has 1 aliphatic rings. The zero-order valence-electron chi connectivity index (χ0n) is 13.2. The summed E-state index contributed by atoms with van der Waals surface area (Å²) >= 11 is 6.06. The molecular weight excluding hydrogens is 304 g/mol. The second-order valence-corrected chi connectivity index (χ2v) is 5.79. The highest BCUT2D eigenvalue weighted by atomic mass is 35.5. The number of halogens is 1. The second-order valence-electron chi connectivity index (χ2n) is 5.39. The molecule has 0 atom stereocenters. The van der Waals surface area contributed by atoms with E-state index in [-0.39, 0.29) is 5.91 Å².